The molecule has 84 valence electrons. The quantitative estimate of drug-likeness (QED) is 0.704. The van der Waals surface area contributed by atoms with E-state index in [4.69, 9.17) is 4.74 Å². The molecule has 1 atom stereocenters. The molecule has 4 heteroatoms. The Morgan fingerprint density at radius 3 is 3.07 bits per heavy atom. The van der Waals surface area contributed by atoms with Gasteiger partial charge in [0.1, 0.15) is 5.92 Å². The molecule has 1 saturated heterocycles. The predicted octanol–water partition coefficient (Wildman–Crippen LogP) is 1.27. The van der Waals surface area contributed by atoms with Crippen molar-refractivity contribution in [2.75, 3.05) is 19.8 Å². The van der Waals surface area contributed by atoms with Crippen LogP contribution < -0.4 is 0 Å². The highest BCUT2D eigenvalue weighted by molar-refractivity contribution is 6.08. The second kappa shape index (κ2) is 4.31. The number of amides is 1. The van der Waals surface area contributed by atoms with Gasteiger partial charge in [-0.25, -0.2) is 5.01 Å². The summed E-state index contributed by atoms with van der Waals surface area (Å²) < 4.78 is 5.30. The van der Waals surface area contributed by atoms with Gasteiger partial charge in [-0.2, -0.15) is 5.10 Å². The first-order valence-electron chi connectivity index (χ1n) is 5.65. The van der Waals surface area contributed by atoms with E-state index in [0.29, 0.717) is 19.1 Å². The maximum atomic E-state index is 11.9. The summed E-state index contributed by atoms with van der Waals surface area (Å²) in [5.41, 5.74) is 1.02. The van der Waals surface area contributed by atoms with Crippen molar-refractivity contribution in [3.05, 3.63) is 0 Å². The van der Waals surface area contributed by atoms with Crippen LogP contribution in [0.4, 0.5) is 0 Å². The Balaban J connectivity index is 1.97. The smallest absolute Gasteiger partial charge is 0.253 e. The fraction of sp³-hybridized carbons (Fsp3) is 0.818. The minimum atomic E-state index is -0.0779. The average molecular weight is 210 g/mol. The summed E-state index contributed by atoms with van der Waals surface area (Å²) in [5, 5.41) is 6.02. The monoisotopic (exact) mass is 210 g/mol. The Labute approximate surface area is 90.3 Å². The third-order valence-electron chi connectivity index (χ3n) is 2.91. The molecule has 0 aromatic heterocycles. The van der Waals surface area contributed by atoms with E-state index >= 15 is 0 Å². The van der Waals surface area contributed by atoms with Crippen molar-refractivity contribution >= 4 is 11.6 Å². The number of nitrogens with zero attached hydrogens (tertiary/aromatic N) is 2. The standard InChI is InChI=1S/C11H18N2O2/c1-8(2)3-5-13-11(14)9-7-15-6-4-10(9)12-13/h8-9H,3-7H2,1-2H3. The molecule has 1 amide bonds. The molecule has 0 bridgehead atoms. The molecule has 1 unspecified atom stereocenters. The highest BCUT2D eigenvalue weighted by Gasteiger charge is 2.37. The lowest BCUT2D eigenvalue weighted by molar-refractivity contribution is -0.133. The number of hydrogen-bond acceptors (Lipinski definition) is 3. The van der Waals surface area contributed by atoms with Gasteiger partial charge in [0.05, 0.1) is 18.9 Å². The van der Waals surface area contributed by atoms with Crippen molar-refractivity contribution in [3.8, 4) is 0 Å². The van der Waals surface area contributed by atoms with E-state index in [-0.39, 0.29) is 11.8 Å². The Morgan fingerprint density at radius 2 is 2.40 bits per heavy atom. The number of rotatable bonds is 3. The highest BCUT2D eigenvalue weighted by atomic mass is 16.5. The van der Waals surface area contributed by atoms with Crippen LogP contribution in [-0.2, 0) is 9.53 Å². The number of fused-ring (bicyclic) bond motifs is 1. The molecule has 4 nitrogen and oxygen atoms in total. The first-order chi connectivity index (χ1) is 7.18. The largest absolute Gasteiger partial charge is 0.380 e. The summed E-state index contributed by atoms with van der Waals surface area (Å²) in [4.78, 5) is 11.9. The lowest BCUT2D eigenvalue weighted by atomic mass is 10.00. The highest BCUT2D eigenvalue weighted by Crippen LogP contribution is 2.22. The molecule has 15 heavy (non-hydrogen) atoms. The van der Waals surface area contributed by atoms with Gasteiger partial charge in [-0.3, -0.25) is 4.79 Å². The van der Waals surface area contributed by atoms with Gasteiger partial charge in [0.15, 0.2) is 0 Å². The maximum absolute atomic E-state index is 11.9. The second-order valence-corrected chi connectivity index (χ2v) is 4.61. The van der Waals surface area contributed by atoms with Gasteiger partial charge in [0.25, 0.3) is 5.91 Å². The van der Waals surface area contributed by atoms with E-state index in [1.54, 1.807) is 5.01 Å². The van der Waals surface area contributed by atoms with Gasteiger partial charge in [0, 0.05) is 13.0 Å². The van der Waals surface area contributed by atoms with Crippen molar-refractivity contribution in [3.63, 3.8) is 0 Å². The van der Waals surface area contributed by atoms with E-state index in [2.05, 4.69) is 18.9 Å². The van der Waals surface area contributed by atoms with Crippen molar-refractivity contribution in [2.45, 2.75) is 26.7 Å². The van der Waals surface area contributed by atoms with E-state index in [9.17, 15) is 4.79 Å². The van der Waals surface area contributed by atoms with Crippen molar-refractivity contribution in [1.82, 2.24) is 5.01 Å². The van der Waals surface area contributed by atoms with Gasteiger partial charge in [-0.05, 0) is 12.3 Å². The minimum Gasteiger partial charge on any atom is -0.380 e. The summed E-state index contributed by atoms with van der Waals surface area (Å²) in [5.74, 6) is 0.660. The third-order valence-corrected chi connectivity index (χ3v) is 2.91. The van der Waals surface area contributed by atoms with E-state index in [0.717, 1.165) is 25.1 Å². The third kappa shape index (κ3) is 2.20. The molecule has 2 heterocycles. The van der Waals surface area contributed by atoms with Crippen LogP contribution >= 0.6 is 0 Å². The molecule has 0 spiro atoms. The molecule has 0 aromatic rings. The molecule has 0 saturated carbocycles. The van der Waals surface area contributed by atoms with Crippen LogP contribution in [0.15, 0.2) is 5.10 Å². The van der Waals surface area contributed by atoms with Gasteiger partial charge in [0.2, 0.25) is 0 Å². The van der Waals surface area contributed by atoms with E-state index < -0.39 is 0 Å². The second-order valence-electron chi connectivity index (χ2n) is 4.61. The zero-order valence-corrected chi connectivity index (χ0v) is 9.40. The lowest BCUT2D eigenvalue weighted by Crippen LogP contribution is -2.34. The minimum absolute atomic E-state index is 0.0779. The molecule has 0 aliphatic carbocycles. The Morgan fingerprint density at radius 1 is 1.60 bits per heavy atom. The first kappa shape index (κ1) is 10.6. The van der Waals surface area contributed by atoms with Crippen LogP contribution in [0, 0.1) is 11.8 Å². The Bertz CT molecular complexity index is 286. The van der Waals surface area contributed by atoms with E-state index in [1.807, 2.05) is 0 Å². The van der Waals surface area contributed by atoms with Gasteiger partial charge in [-0.1, -0.05) is 13.8 Å². The maximum Gasteiger partial charge on any atom is 0.253 e. The summed E-state index contributed by atoms with van der Waals surface area (Å²) in [7, 11) is 0. The first-order valence-corrected chi connectivity index (χ1v) is 5.65. The normalized spacial score (nSPS) is 25.8. The van der Waals surface area contributed by atoms with Crippen molar-refractivity contribution < 1.29 is 9.53 Å². The fourth-order valence-electron chi connectivity index (χ4n) is 1.91. The SMILES string of the molecule is CC(C)CCN1N=C2CCOCC2C1=O. The number of carbonyl (C=O) groups excluding carboxylic acids is 1. The predicted molar refractivity (Wildman–Crippen MR) is 57.5 cm³/mol. The van der Waals surface area contributed by atoms with Crippen LogP contribution in [0.2, 0.25) is 0 Å². The zero-order valence-electron chi connectivity index (χ0n) is 9.40. The van der Waals surface area contributed by atoms with Gasteiger partial charge >= 0.3 is 0 Å². The van der Waals surface area contributed by atoms with Gasteiger partial charge in [-0.15, -0.1) is 0 Å². The van der Waals surface area contributed by atoms with Crippen LogP contribution in [-0.4, -0.2) is 36.4 Å². The molecular weight excluding hydrogens is 192 g/mol. The topological polar surface area (TPSA) is 41.9 Å². The molecular formula is C11H18N2O2. The van der Waals surface area contributed by atoms with Crippen molar-refractivity contribution in [1.29, 1.82) is 0 Å². The van der Waals surface area contributed by atoms with E-state index in [1.165, 1.54) is 0 Å². The van der Waals surface area contributed by atoms with Crippen LogP contribution in [0.3, 0.4) is 0 Å². The van der Waals surface area contributed by atoms with Crippen LogP contribution in [0.5, 0.6) is 0 Å². The number of ether oxygens (including phenoxy) is 1. The number of hydrazone groups is 1. The molecule has 2 aliphatic rings. The van der Waals surface area contributed by atoms with Crippen LogP contribution in [0.25, 0.3) is 0 Å². The Hall–Kier alpha value is -0.900. The summed E-state index contributed by atoms with van der Waals surface area (Å²) >= 11 is 0. The average Bonchev–Trinajstić information content (AvgIpc) is 2.54. The molecule has 0 radical (unpaired) electrons. The fourth-order valence-corrected chi connectivity index (χ4v) is 1.91. The molecule has 0 N–H and O–H groups in total. The zero-order chi connectivity index (χ0) is 10.8. The van der Waals surface area contributed by atoms with Crippen LogP contribution in [0.1, 0.15) is 26.7 Å². The summed E-state index contributed by atoms with van der Waals surface area (Å²) in [6.07, 6.45) is 1.82. The Kier molecular flexibility index (Phi) is 3.05. The number of hydrogen-bond donors (Lipinski definition) is 0. The number of carbonyl (C=O) groups is 1. The molecule has 1 fully saturated rings. The summed E-state index contributed by atoms with van der Waals surface area (Å²) in [6.45, 7) is 6.29. The summed E-state index contributed by atoms with van der Waals surface area (Å²) in [6, 6.07) is 0. The van der Waals surface area contributed by atoms with Crippen molar-refractivity contribution in [2.24, 2.45) is 16.9 Å². The lowest BCUT2D eigenvalue weighted by Gasteiger charge is -2.17. The molecule has 2 rings (SSSR count). The molecule has 2 aliphatic heterocycles. The molecule has 0 aromatic carbocycles. The van der Waals surface area contributed by atoms with Gasteiger partial charge < -0.3 is 4.74 Å².